The Bertz CT molecular complexity index is 175. The summed E-state index contributed by atoms with van der Waals surface area (Å²) in [5, 5.41) is 3.01. The van der Waals surface area contributed by atoms with Gasteiger partial charge in [0.15, 0.2) is 6.23 Å². The molecule has 1 heterocycles. The van der Waals surface area contributed by atoms with Crippen molar-refractivity contribution < 1.29 is 9.47 Å². The van der Waals surface area contributed by atoms with Gasteiger partial charge in [-0.05, 0) is 25.3 Å². The zero-order valence-corrected chi connectivity index (χ0v) is 6.83. The summed E-state index contributed by atoms with van der Waals surface area (Å²) in [6.45, 7) is 2.62. The number of allylic oxidation sites excluding steroid dienone is 2. The zero-order chi connectivity index (χ0) is 8.10. The normalized spacial score (nSPS) is 22.4. The first-order chi connectivity index (χ1) is 5.38. The number of hydrogen-bond donors (Lipinski definition) is 1. The molecule has 0 fully saturated rings. The summed E-state index contributed by atoms with van der Waals surface area (Å²) in [6.07, 6.45) is 5.49. The van der Waals surface area contributed by atoms with Crippen LogP contribution in [0.15, 0.2) is 24.1 Å². The largest absolute Gasteiger partial charge is 0.493 e. The Kier molecular flexibility index (Phi) is 2.98. The third kappa shape index (κ3) is 1.98. The fraction of sp³-hybridized carbons (Fsp3) is 0.500. The molecule has 0 amide bonds. The van der Waals surface area contributed by atoms with Crippen molar-refractivity contribution in [2.45, 2.75) is 13.2 Å². The van der Waals surface area contributed by atoms with Crippen molar-refractivity contribution in [3.8, 4) is 0 Å². The van der Waals surface area contributed by atoms with E-state index in [4.69, 9.17) is 9.47 Å². The molecule has 0 saturated heterocycles. The number of rotatable bonds is 3. The van der Waals surface area contributed by atoms with Gasteiger partial charge in [-0.25, -0.2) is 0 Å². The average molecular weight is 155 g/mol. The van der Waals surface area contributed by atoms with Crippen LogP contribution in [0.1, 0.15) is 6.92 Å². The minimum absolute atomic E-state index is 0.125. The van der Waals surface area contributed by atoms with Crippen LogP contribution in [-0.4, -0.2) is 19.9 Å². The number of ether oxygens (including phenoxy) is 2. The number of dihydropyridines is 1. The fourth-order valence-electron chi connectivity index (χ4n) is 0.930. The van der Waals surface area contributed by atoms with Crippen LogP contribution in [0.2, 0.25) is 0 Å². The van der Waals surface area contributed by atoms with Crippen molar-refractivity contribution in [2.75, 3.05) is 13.7 Å². The maximum absolute atomic E-state index is 5.31. The van der Waals surface area contributed by atoms with Gasteiger partial charge in [-0.15, -0.1) is 0 Å². The van der Waals surface area contributed by atoms with Crippen molar-refractivity contribution in [1.82, 2.24) is 5.32 Å². The Morgan fingerprint density at radius 2 is 2.45 bits per heavy atom. The zero-order valence-electron chi connectivity index (χ0n) is 6.83. The van der Waals surface area contributed by atoms with Crippen LogP contribution >= 0.6 is 0 Å². The standard InChI is InChI=1S/C8H13NO2/c1-3-11-7-5-4-6-9-8(7)10-2/h4-6,8-9H,3H2,1-2H3. The molecule has 0 aliphatic carbocycles. The smallest absolute Gasteiger partial charge is 0.185 e. The highest BCUT2D eigenvalue weighted by atomic mass is 16.5. The minimum Gasteiger partial charge on any atom is -0.493 e. The fourth-order valence-corrected chi connectivity index (χ4v) is 0.930. The maximum Gasteiger partial charge on any atom is 0.185 e. The van der Waals surface area contributed by atoms with E-state index in [1.165, 1.54) is 0 Å². The first kappa shape index (κ1) is 8.14. The summed E-state index contributed by atoms with van der Waals surface area (Å²) in [6, 6.07) is 0. The monoisotopic (exact) mass is 155 g/mol. The Morgan fingerprint density at radius 3 is 3.09 bits per heavy atom. The van der Waals surface area contributed by atoms with Gasteiger partial charge in [0.25, 0.3) is 0 Å². The lowest BCUT2D eigenvalue weighted by Crippen LogP contribution is -2.31. The topological polar surface area (TPSA) is 30.5 Å². The highest BCUT2D eigenvalue weighted by Gasteiger charge is 2.13. The van der Waals surface area contributed by atoms with Gasteiger partial charge in [0.2, 0.25) is 0 Å². The van der Waals surface area contributed by atoms with E-state index in [0.717, 1.165) is 5.76 Å². The second kappa shape index (κ2) is 4.03. The number of hydrogen-bond acceptors (Lipinski definition) is 3. The minimum atomic E-state index is -0.125. The van der Waals surface area contributed by atoms with Gasteiger partial charge in [-0.1, -0.05) is 0 Å². The van der Waals surface area contributed by atoms with Crippen molar-refractivity contribution in [2.24, 2.45) is 0 Å². The van der Waals surface area contributed by atoms with Crippen LogP contribution in [-0.2, 0) is 9.47 Å². The summed E-state index contributed by atoms with van der Waals surface area (Å²) in [5.74, 6) is 0.831. The van der Waals surface area contributed by atoms with E-state index < -0.39 is 0 Å². The van der Waals surface area contributed by atoms with Crippen LogP contribution < -0.4 is 5.32 Å². The van der Waals surface area contributed by atoms with Gasteiger partial charge >= 0.3 is 0 Å². The van der Waals surface area contributed by atoms with Gasteiger partial charge in [0.1, 0.15) is 5.76 Å². The van der Waals surface area contributed by atoms with E-state index in [2.05, 4.69) is 5.32 Å². The highest BCUT2D eigenvalue weighted by Crippen LogP contribution is 2.08. The van der Waals surface area contributed by atoms with Gasteiger partial charge in [0, 0.05) is 7.11 Å². The molecule has 1 N–H and O–H groups in total. The molecular weight excluding hydrogens is 142 g/mol. The van der Waals surface area contributed by atoms with Gasteiger partial charge in [0.05, 0.1) is 6.61 Å². The van der Waals surface area contributed by atoms with Gasteiger partial charge in [-0.3, -0.25) is 0 Å². The molecule has 3 heteroatoms. The molecule has 0 bridgehead atoms. The molecule has 0 aromatic carbocycles. The first-order valence-electron chi connectivity index (χ1n) is 3.67. The lowest BCUT2D eigenvalue weighted by atomic mass is 10.3. The van der Waals surface area contributed by atoms with E-state index in [9.17, 15) is 0 Å². The van der Waals surface area contributed by atoms with Gasteiger partial charge < -0.3 is 14.8 Å². The molecule has 11 heavy (non-hydrogen) atoms. The van der Waals surface area contributed by atoms with Crippen LogP contribution in [0, 0.1) is 0 Å². The Hall–Kier alpha value is -0.960. The van der Waals surface area contributed by atoms with Crippen LogP contribution in [0.3, 0.4) is 0 Å². The molecule has 1 aliphatic rings. The van der Waals surface area contributed by atoms with Crippen molar-refractivity contribution in [1.29, 1.82) is 0 Å². The van der Waals surface area contributed by atoms with Crippen molar-refractivity contribution in [3.05, 3.63) is 24.1 Å². The summed E-state index contributed by atoms with van der Waals surface area (Å²) < 4.78 is 10.4. The molecule has 1 rings (SSSR count). The molecule has 1 aliphatic heterocycles. The van der Waals surface area contributed by atoms with E-state index in [-0.39, 0.29) is 6.23 Å². The maximum atomic E-state index is 5.31. The van der Waals surface area contributed by atoms with Gasteiger partial charge in [-0.2, -0.15) is 0 Å². The average Bonchev–Trinajstić information content (AvgIpc) is 2.06. The summed E-state index contributed by atoms with van der Waals surface area (Å²) in [7, 11) is 1.64. The second-order valence-corrected chi connectivity index (χ2v) is 2.14. The van der Waals surface area contributed by atoms with Crippen LogP contribution in [0.5, 0.6) is 0 Å². The third-order valence-corrected chi connectivity index (χ3v) is 1.41. The molecule has 0 aromatic heterocycles. The molecule has 1 atom stereocenters. The summed E-state index contributed by atoms with van der Waals surface area (Å²) in [4.78, 5) is 0. The second-order valence-electron chi connectivity index (χ2n) is 2.14. The molecule has 0 radical (unpaired) electrons. The van der Waals surface area contributed by atoms with E-state index in [1.54, 1.807) is 7.11 Å². The highest BCUT2D eigenvalue weighted by molar-refractivity contribution is 5.15. The van der Waals surface area contributed by atoms with Crippen molar-refractivity contribution in [3.63, 3.8) is 0 Å². The molecule has 1 unspecified atom stereocenters. The predicted octanol–water partition coefficient (Wildman–Crippen LogP) is 0.996. The van der Waals surface area contributed by atoms with Crippen LogP contribution in [0.4, 0.5) is 0 Å². The molecular formula is C8H13NO2. The van der Waals surface area contributed by atoms with Crippen LogP contribution in [0.25, 0.3) is 0 Å². The molecule has 3 nitrogen and oxygen atoms in total. The molecule has 62 valence electrons. The molecule has 0 aromatic rings. The van der Waals surface area contributed by atoms with E-state index >= 15 is 0 Å². The lowest BCUT2D eigenvalue weighted by molar-refractivity contribution is 0.0521. The SMILES string of the molecule is CCOC1=CC=CNC1OC. The Balaban J connectivity index is 2.55. The van der Waals surface area contributed by atoms with E-state index in [1.807, 2.05) is 25.3 Å². The number of methoxy groups -OCH3 is 1. The Labute approximate surface area is 66.7 Å². The third-order valence-electron chi connectivity index (χ3n) is 1.41. The first-order valence-corrected chi connectivity index (χ1v) is 3.67. The molecule has 0 saturated carbocycles. The lowest BCUT2D eigenvalue weighted by Gasteiger charge is -2.21. The molecule has 0 spiro atoms. The van der Waals surface area contributed by atoms with Crippen molar-refractivity contribution >= 4 is 0 Å². The van der Waals surface area contributed by atoms with E-state index in [0.29, 0.717) is 6.61 Å². The predicted molar refractivity (Wildman–Crippen MR) is 42.8 cm³/mol. The number of nitrogens with one attached hydrogen (secondary N) is 1. The summed E-state index contributed by atoms with van der Waals surface area (Å²) >= 11 is 0. The Morgan fingerprint density at radius 1 is 1.64 bits per heavy atom. The quantitative estimate of drug-likeness (QED) is 0.659. The summed E-state index contributed by atoms with van der Waals surface area (Å²) in [5.41, 5.74) is 0.